The van der Waals surface area contributed by atoms with E-state index in [1.807, 2.05) is 18.2 Å². The molecule has 0 amide bonds. The predicted octanol–water partition coefficient (Wildman–Crippen LogP) is 2.14. The molecule has 1 atom stereocenters. The van der Waals surface area contributed by atoms with Crippen molar-refractivity contribution in [2.24, 2.45) is 0 Å². The first kappa shape index (κ1) is 11.6. The van der Waals surface area contributed by atoms with Crippen LogP contribution >= 0.6 is 11.6 Å². The van der Waals surface area contributed by atoms with Crippen molar-refractivity contribution in [2.75, 3.05) is 13.1 Å². The highest BCUT2D eigenvalue weighted by molar-refractivity contribution is 6.31. The van der Waals surface area contributed by atoms with Gasteiger partial charge in [-0.25, -0.2) is 0 Å². The SMILES string of the molecule is O=C(O)C1CNCCc2c1[nH]c1ccc(Cl)cc21. The smallest absolute Gasteiger partial charge is 0.313 e. The van der Waals surface area contributed by atoms with Crippen LogP contribution in [0.25, 0.3) is 10.9 Å². The number of halogens is 1. The molecule has 1 aromatic carbocycles. The van der Waals surface area contributed by atoms with Gasteiger partial charge in [0.25, 0.3) is 0 Å². The third-order valence-corrected chi connectivity index (χ3v) is 3.68. The topological polar surface area (TPSA) is 65.1 Å². The molecule has 0 saturated heterocycles. The molecule has 1 aliphatic heterocycles. The zero-order valence-electron chi connectivity index (χ0n) is 9.66. The number of aliphatic carboxylic acids is 1. The number of fused-ring (bicyclic) bond motifs is 3. The Morgan fingerprint density at radius 2 is 2.28 bits per heavy atom. The fourth-order valence-electron chi connectivity index (χ4n) is 2.58. The van der Waals surface area contributed by atoms with Crippen LogP contribution < -0.4 is 5.32 Å². The van der Waals surface area contributed by atoms with Crippen LogP contribution in [0, 0.1) is 0 Å². The number of H-pyrrole nitrogens is 1. The minimum absolute atomic E-state index is 0.461. The first-order chi connectivity index (χ1) is 8.66. The molecule has 1 aromatic heterocycles. The van der Waals surface area contributed by atoms with Gasteiger partial charge in [-0.2, -0.15) is 0 Å². The number of aromatic nitrogens is 1. The number of benzene rings is 1. The van der Waals surface area contributed by atoms with E-state index in [0.717, 1.165) is 35.1 Å². The fourth-order valence-corrected chi connectivity index (χ4v) is 2.75. The summed E-state index contributed by atoms with van der Waals surface area (Å²) in [5.74, 6) is -1.32. The average molecular weight is 265 g/mol. The molecule has 0 bridgehead atoms. The standard InChI is InChI=1S/C13H13ClN2O2/c14-7-1-2-11-9(5-7)8-3-4-15-6-10(13(17)18)12(8)16-11/h1-2,5,10,15-16H,3-4,6H2,(H,17,18). The molecule has 5 heteroatoms. The Balaban J connectivity index is 2.24. The average Bonchev–Trinajstić information content (AvgIpc) is 2.55. The van der Waals surface area contributed by atoms with Gasteiger partial charge in [-0.1, -0.05) is 11.6 Å². The molecule has 2 heterocycles. The second-order valence-corrected chi connectivity index (χ2v) is 4.99. The molecule has 3 N–H and O–H groups in total. The maximum Gasteiger partial charge on any atom is 0.313 e. The molecule has 2 aromatic rings. The predicted molar refractivity (Wildman–Crippen MR) is 70.3 cm³/mol. The van der Waals surface area contributed by atoms with Gasteiger partial charge in [0, 0.05) is 28.2 Å². The lowest BCUT2D eigenvalue weighted by Crippen LogP contribution is -2.25. The van der Waals surface area contributed by atoms with Crippen LogP contribution in [0.4, 0.5) is 0 Å². The fraction of sp³-hybridized carbons (Fsp3) is 0.308. The molecule has 0 saturated carbocycles. The lowest BCUT2D eigenvalue weighted by Gasteiger charge is -2.09. The third-order valence-electron chi connectivity index (χ3n) is 3.45. The number of hydrogen-bond donors (Lipinski definition) is 3. The monoisotopic (exact) mass is 264 g/mol. The number of aromatic amines is 1. The van der Waals surface area contributed by atoms with Gasteiger partial charge in [0.2, 0.25) is 0 Å². The molecule has 0 spiro atoms. The molecule has 0 radical (unpaired) electrons. The van der Waals surface area contributed by atoms with Crippen molar-refractivity contribution >= 4 is 28.5 Å². The van der Waals surface area contributed by atoms with Crippen LogP contribution in [-0.4, -0.2) is 29.1 Å². The van der Waals surface area contributed by atoms with E-state index in [4.69, 9.17) is 11.6 Å². The van der Waals surface area contributed by atoms with Gasteiger partial charge in [0.05, 0.1) is 0 Å². The van der Waals surface area contributed by atoms with E-state index in [0.29, 0.717) is 11.6 Å². The number of carboxylic acids is 1. The first-order valence-electron chi connectivity index (χ1n) is 5.90. The molecule has 1 unspecified atom stereocenters. The van der Waals surface area contributed by atoms with E-state index < -0.39 is 11.9 Å². The van der Waals surface area contributed by atoms with E-state index in [-0.39, 0.29) is 0 Å². The Bertz CT molecular complexity index is 621. The maximum atomic E-state index is 11.3. The van der Waals surface area contributed by atoms with Crippen molar-refractivity contribution in [3.05, 3.63) is 34.5 Å². The van der Waals surface area contributed by atoms with Gasteiger partial charge < -0.3 is 15.4 Å². The van der Waals surface area contributed by atoms with Gasteiger partial charge in [0.1, 0.15) is 5.92 Å². The number of rotatable bonds is 1. The summed E-state index contributed by atoms with van der Waals surface area (Å²) in [5.41, 5.74) is 2.84. The Labute approximate surface area is 109 Å². The largest absolute Gasteiger partial charge is 0.481 e. The lowest BCUT2D eigenvalue weighted by molar-refractivity contribution is -0.138. The number of carbonyl (C=O) groups is 1. The van der Waals surface area contributed by atoms with Crippen LogP contribution in [0.5, 0.6) is 0 Å². The summed E-state index contributed by atoms with van der Waals surface area (Å²) in [6, 6.07) is 5.61. The van der Waals surface area contributed by atoms with Crippen LogP contribution in [-0.2, 0) is 11.2 Å². The minimum Gasteiger partial charge on any atom is -0.481 e. The van der Waals surface area contributed by atoms with Crippen molar-refractivity contribution in [1.29, 1.82) is 0 Å². The summed E-state index contributed by atoms with van der Waals surface area (Å²) >= 11 is 6.01. The third kappa shape index (κ3) is 1.78. The lowest BCUT2D eigenvalue weighted by atomic mass is 10.00. The maximum absolute atomic E-state index is 11.3. The summed E-state index contributed by atoms with van der Waals surface area (Å²) < 4.78 is 0. The van der Waals surface area contributed by atoms with Crippen molar-refractivity contribution in [1.82, 2.24) is 10.3 Å². The van der Waals surface area contributed by atoms with Crippen molar-refractivity contribution in [2.45, 2.75) is 12.3 Å². The van der Waals surface area contributed by atoms with Crippen LogP contribution in [0.3, 0.4) is 0 Å². The minimum atomic E-state index is -0.802. The zero-order valence-corrected chi connectivity index (χ0v) is 10.4. The number of nitrogens with one attached hydrogen (secondary N) is 2. The summed E-state index contributed by atoms with van der Waals surface area (Å²) in [4.78, 5) is 14.6. The normalized spacial score (nSPS) is 19.5. The molecular weight excluding hydrogens is 252 g/mol. The highest BCUT2D eigenvalue weighted by atomic mass is 35.5. The Kier molecular flexibility index (Phi) is 2.76. The first-order valence-corrected chi connectivity index (χ1v) is 6.28. The zero-order chi connectivity index (χ0) is 12.7. The van der Waals surface area contributed by atoms with E-state index in [1.54, 1.807) is 0 Å². The summed E-state index contributed by atoms with van der Waals surface area (Å²) in [6.07, 6.45) is 0.819. The quantitative estimate of drug-likeness (QED) is 0.739. The van der Waals surface area contributed by atoms with Crippen molar-refractivity contribution < 1.29 is 9.90 Å². The molecule has 1 aliphatic rings. The highest BCUT2D eigenvalue weighted by Crippen LogP contribution is 2.31. The van der Waals surface area contributed by atoms with E-state index in [1.165, 1.54) is 0 Å². The number of hydrogen-bond acceptors (Lipinski definition) is 2. The Morgan fingerprint density at radius 3 is 3.06 bits per heavy atom. The molecule has 3 rings (SSSR count). The van der Waals surface area contributed by atoms with Crippen LogP contribution in [0.15, 0.2) is 18.2 Å². The molecule has 4 nitrogen and oxygen atoms in total. The van der Waals surface area contributed by atoms with Gasteiger partial charge in [-0.15, -0.1) is 0 Å². The molecule has 94 valence electrons. The highest BCUT2D eigenvalue weighted by Gasteiger charge is 2.27. The Morgan fingerprint density at radius 1 is 1.44 bits per heavy atom. The van der Waals surface area contributed by atoms with Crippen molar-refractivity contribution in [3.8, 4) is 0 Å². The van der Waals surface area contributed by atoms with E-state index in [9.17, 15) is 9.90 Å². The van der Waals surface area contributed by atoms with Gasteiger partial charge in [0.15, 0.2) is 0 Å². The summed E-state index contributed by atoms with van der Waals surface area (Å²) in [6.45, 7) is 1.25. The van der Waals surface area contributed by atoms with Crippen LogP contribution in [0.2, 0.25) is 5.02 Å². The van der Waals surface area contributed by atoms with Gasteiger partial charge >= 0.3 is 5.97 Å². The summed E-state index contributed by atoms with van der Waals surface area (Å²) in [5, 5.41) is 14.2. The molecule has 18 heavy (non-hydrogen) atoms. The number of carboxylic acid groups (broad SMARTS) is 1. The molecular formula is C13H13ClN2O2. The van der Waals surface area contributed by atoms with Gasteiger partial charge in [-0.3, -0.25) is 4.79 Å². The van der Waals surface area contributed by atoms with E-state index >= 15 is 0 Å². The Hall–Kier alpha value is -1.52. The van der Waals surface area contributed by atoms with Crippen LogP contribution in [0.1, 0.15) is 17.2 Å². The van der Waals surface area contributed by atoms with Crippen molar-refractivity contribution in [3.63, 3.8) is 0 Å². The van der Waals surface area contributed by atoms with Gasteiger partial charge in [-0.05, 0) is 36.7 Å². The molecule has 0 aliphatic carbocycles. The second kappa shape index (κ2) is 4.30. The molecule has 0 fully saturated rings. The summed E-state index contributed by atoms with van der Waals surface area (Å²) in [7, 11) is 0. The second-order valence-electron chi connectivity index (χ2n) is 4.55. The van der Waals surface area contributed by atoms with E-state index in [2.05, 4.69) is 10.3 Å².